The molecule has 0 spiro atoms. The van der Waals surface area contributed by atoms with E-state index in [4.69, 9.17) is 4.74 Å². The summed E-state index contributed by atoms with van der Waals surface area (Å²) in [4.78, 5) is 0. The van der Waals surface area contributed by atoms with Gasteiger partial charge in [0, 0.05) is 0 Å². The molecule has 0 aromatic rings. The number of unbranched alkanes of at least 4 members (excludes halogenated alkanes) is 1. The second-order valence-corrected chi connectivity index (χ2v) is 5.47. The fourth-order valence-corrected chi connectivity index (χ4v) is 2.29. The quantitative estimate of drug-likeness (QED) is 0.445. The minimum Gasteiger partial charge on any atom is -0.374 e. The molecule has 98 valence electrons. The van der Waals surface area contributed by atoms with Crippen molar-refractivity contribution in [1.29, 1.82) is 0 Å². The zero-order valence-electron chi connectivity index (χ0n) is 11.6. The molecule has 0 unspecified atom stereocenters. The molecule has 0 bridgehead atoms. The molecule has 0 aromatic carbocycles. The van der Waals surface area contributed by atoms with Crippen molar-refractivity contribution in [2.24, 2.45) is 0 Å². The van der Waals surface area contributed by atoms with Crippen LogP contribution in [-0.4, -0.2) is 12.7 Å². The van der Waals surface area contributed by atoms with Crippen LogP contribution >= 0.6 is 0 Å². The van der Waals surface area contributed by atoms with E-state index in [-0.39, 0.29) is 0 Å². The van der Waals surface area contributed by atoms with Crippen molar-refractivity contribution in [2.45, 2.75) is 71.3 Å². The molecule has 1 aliphatic carbocycles. The van der Waals surface area contributed by atoms with Crippen LogP contribution in [0.1, 0.15) is 65.2 Å². The molecule has 0 saturated heterocycles. The second kappa shape index (κ2) is 8.52. The first-order valence-electron chi connectivity index (χ1n) is 7.10. The first kappa shape index (κ1) is 14.5. The third kappa shape index (κ3) is 7.38. The number of hydrogen-bond acceptors (Lipinski definition) is 1. The molecule has 1 heteroatoms. The Bertz CT molecular complexity index is 246. The van der Waals surface area contributed by atoms with Crippen LogP contribution < -0.4 is 0 Å². The van der Waals surface area contributed by atoms with Gasteiger partial charge in [0.15, 0.2) is 0 Å². The van der Waals surface area contributed by atoms with Gasteiger partial charge in [0.25, 0.3) is 0 Å². The van der Waals surface area contributed by atoms with E-state index in [9.17, 15) is 0 Å². The highest BCUT2D eigenvalue weighted by molar-refractivity contribution is 4.99. The number of allylic oxidation sites excluding steroid dienone is 2. The van der Waals surface area contributed by atoms with Gasteiger partial charge < -0.3 is 4.74 Å². The van der Waals surface area contributed by atoms with Gasteiger partial charge in [-0.15, -0.1) is 6.58 Å². The van der Waals surface area contributed by atoms with Crippen molar-refractivity contribution in [3.05, 3.63) is 23.8 Å². The topological polar surface area (TPSA) is 9.23 Å². The van der Waals surface area contributed by atoms with Gasteiger partial charge in [0.1, 0.15) is 0 Å². The summed E-state index contributed by atoms with van der Waals surface area (Å²) in [5.41, 5.74) is 2.67. The van der Waals surface area contributed by atoms with E-state index < -0.39 is 0 Å². The third-order valence-corrected chi connectivity index (χ3v) is 3.40. The molecule has 0 N–H and O–H groups in total. The van der Waals surface area contributed by atoms with Gasteiger partial charge in [0.05, 0.1) is 12.7 Å². The molecule has 17 heavy (non-hydrogen) atoms. The van der Waals surface area contributed by atoms with E-state index in [0.717, 1.165) is 19.4 Å². The Hall–Kier alpha value is -0.560. The highest BCUT2D eigenvalue weighted by atomic mass is 16.5. The average molecular weight is 236 g/mol. The fourth-order valence-electron chi connectivity index (χ4n) is 2.29. The lowest BCUT2D eigenvalue weighted by molar-refractivity contribution is 0.0426. The smallest absolute Gasteiger partial charge is 0.0677 e. The van der Waals surface area contributed by atoms with Crippen molar-refractivity contribution >= 4 is 0 Å². The maximum Gasteiger partial charge on any atom is 0.0677 e. The Balaban J connectivity index is 2.08. The molecule has 1 fully saturated rings. The number of ether oxygens (including phenoxy) is 1. The molecule has 0 radical (unpaired) electrons. The maximum atomic E-state index is 5.94. The number of rotatable bonds is 7. The zero-order chi connectivity index (χ0) is 12.5. The highest BCUT2D eigenvalue weighted by Crippen LogP contribution is 2.20. The van der Waals surface area contributed by atoms with Crippen LogP contribution in [0.4, 0.5) is 0 Å². The summed E-state index contributed by atoms with van der Waals surface area (Å²) in [6.07, 6.45) is 13.0. The van der Waals surface area contributed by atoms with Crippen LogP contribution in [-0.2, 0) is 4.74 Å². The van der Waals surface area contributed by atoms with Gasteiger partial charge in [-0.2, -0.15) is 0 Å². The third-order valence-electron chi connectivity index (χ3n) is 3.40. The fraction of sp³-hybridized carbons (Fsp3) is 0.750. The van der Waals surface area contributed by atoms with E-state index in [1.54, 1.807) is 0 Å². The van der Waals surface area contributed by atoms with Crippen molar-refractivity contribution in [3.8, 4) is 0 Å². The lowest BCUT2D eigenvalue weighted by Gasteiger charge is -2.22. The molecule has 0 aliphatic heterocycles. The second-order valence-electron chi connectivity index (χ2n) is 5.47. The van der Waals surface area contributed by atoms with Gasteiger partial charge in [-0.3, -0.25) is 0 Å². The molecule has 0 atom stereocenters. The summed E-state index contributed by atoms with van der Waals surface area (Å²) < 4.78 is 5.94. The maximum absolute atomic E-state index is 5.94. The van der Waals surface area contributed by atoms with Crippen molar-refractivity contribution in [1.82, 2.24) is 0 Å². The molecule has 1 rings (SSSR count). The zero-order valence-corrected chi connectivity index (χ0v) is 11.6. The van der Waals surface area contributed by atoms with Crippen LogP contribution in [0.3, 0.4) is 0 Å². The largest absolute Gasteiger partial charge is 0.374 e. The van der Waals surface area contributed by atoms with Crippen LogP contribution in [0, 0.1) is 0 Å². The van der Waals surface area contributed by atoms with Crippen molar-refractivity contribution in [3.63, 3.8) is 0 Å². The minimum absolute atomic E-state index is 0.530. The standard InChI is InChI=1S/C16H28O/c1-14(2)9-7-8-10-15(3)13-17-16-11-5-4-6-12-16/h10,16H,1,4-9,11-13H2,2-3H3. The Morgan fingerprint density at radius 1 is 1.24 bits per heavy atom. The molecule has 0 aromatic heterocycles. The van der Waals surface area contributed by atoms with E-state index in [0.29, 0.717) is 6.10 Å². The summed E-state index contributed by atoms with van der Waals surface area (Å²) in [6.45, 7) is 9.04. The summed E-state index contributed by atoms with van der Waals surface area (Å²) in [5.74, 6) is 0. The van der Waals surface area contributed by atoms with Gasteiger partial charge in [-0.1, -0.05) is 36.5 Å². The van der Waals surface area contributed by atoms with Crippen LogP contribution in [0.5, 0.6) is 0 Å². The first-order valence-corrected chi connectivity index (χ1v) is 7.10. The molecule has 0 heterocycles. The average Bonchev–Trinajstić information content (AvgIpc) is 2.33. The van der Waals surface area contributed by atoms with Gasteiger partial charge in [-0.05, 0) is 46.0 Å². The Morgan fingerprint density at radius 3 is 2.59 bits per heavy atom. The summed E-state index contributed by atoms with van der Waals surface area (Å²) in [7, 11) is 0. The van der Waals surface area contributed by atoms with E-state index in [2.05, 4.69) is 26.5 Å². The summed E-state index contributed by atoms with van der Waals surface area (Å²) in [5, 5.41) is 0. The first-order chi connectivity index (χ1) is 8.18. The Morgan fingerprint density at radius 2 is 1.94 bits per heavy atom. The molecule has 0 amide bonds. The predicted molar refractivity (Wildman–Crippen MR) is 75.2 cm³/mol. The van der Waals surface area contributed by atoms with E-state index >= 15 is 0 Å². The van der Waals surface area contributed by atoms with Crippen molar-refractivity contribution in [2.75, 3.05) is 6.61 Å². The summed E-state index contributed by atoms with van der Waals surface area (Å²) >= 11 is 0. The molecular weight excluding hydrogens is 208 g/mol. The van der Waals surface area contributed by atoms with Gasteiger partial charge >= 0.3 is 0 Å². The molecular formula is C16H28O. The van der Waals surface area contributed by atoms with Gasteiger partial charge in [0.2, 0.25) is 0 Å². The lowest BCUT2D eigenvalue weighted by Crippen LogP contribution is -2.17. The molecule has 1 nitrogen and oxygen atoms in total. The van der Waals surface area contributed by atoms with Gasteiger partial charge in [-0.25, -0.2) is 0 Å². The monoisotopic (exact) mass is 236 g/mol. The lowest BCUT2D eigenvalue weighted by atomic mass is 9.98. The molecule has 1 saturated carbocycles. The van der Waals surface area contributed by atoms with E-state index in [1.165, 1.54) is 49.7 Å². The van der Waals surface area contributed by atoms with Crippen LogP contribution in [0.25, 0.3) is 0 Å². The normalized spacial score (nSPS) is 18.4. The highest BCUT2D eigenvalue weighted by Gasteiger charge is 2.13. The summed E-state index contributed by atoms with van der Waals surface area (Å²) in [6, 6.07) is 0. The Kier molecular flexibility index (Phi) is 7.27. The van der Waals surface area contributed by atoms with Crippen molar-refractivity contribution < 1.29 is 4.74 Å². The molecule has 1 aliphatic rings. The van der Waals surface area contributed by atoms with E-state index in [1.807, 2.05) is 0 Å². The minimum atomic E-state index is 0.530. The Labute approximate surface area is 107 Å². The van der Waals surface area contributed by atoms with Crippen LogP contribution in [0.15, 0.2) is 23.8 Å². The SMILES string of the molecule is C=C(C)CCCC=C(C)COC1CCCCC1. The number of hydrogen-bond donors (Lipinski definition) is 0. The van der Waals surface area contributed by atoms with Crippen LogP contribution in [0.2, 0.25) is 0 Å². The predicted octanol–water partition coefficient (Wildman–Crippen LogP) is 5.03.